The third-order valence-electron chi connectivity index (χ3n) is 9.63. The summed E-state index contributed by atoms with van der Waals surface area (Å²) in [5.74, 6) is -0.0371. The zero-order valence-corrected chi connectivity index (χ0v) is 28.6. The number of likely N-dealkylation sites (tertiary alicyclic amines) is 1. The number of fused-ring (bicyclic) bond motifs is 1. The summed E-state index contributed by atoms with van der Waals surface area (Å²) < 4.78 is 127. The first-order valence-electron chi connectivity index (χ1n) is 16.8. The molecule has 4 aromatic rings. The van der Waals surface area contributed by atoms with Gasteiger partial charge in [0.15, 0.2) is 0 Å². The Bertz CT molecular complexity index is 1920. The minimum Gasteiger partial charge on any atom is -0.388 e. The largest absolute Gasteiger partial charge is 0.416 e. The average molecular weight is 757 g/mol. The molecule has 6 rings (SSSR count). The second-order valence-corrected chi connectivity index (χ2v) is 13.4. The number of piperidine rings is 1. The summed E-state index contributed by atoms with van der Waals surface area (Å²) in [7, 11) is 1.50. The van der Waals surface area contributed by atoms with Crippen LogP contribution in [0.15, 0.2) is 72.1 Å². The fourth-order valence-electron chi connectivity index (χ4n) is 7.00. The summed E-state index contributed by atoms with van der Waals surface area (Å²) in [6.07, 6.45) is -10.2. The number of guanidine groups is 1. The Morgan fingerprint density at radius 3 is 2.11 bits per heavy atom. The van der Waals surface area contributed by atoms with Crippen LogP contribution in [0, 0.1) is 0 Å². The number of hydrazone groups is 1. The molecule has 0 spiro atoms. The SMILES string of the molecule is CCC(c1ccc(C(F)(F)F)cc1CN(Cc1cc(C(F)(F)F)cc(C(F)(F)F)c1)C1=NNN(C)N1)N1CCC(O)(Cn2ccc3cccnc32)CC1. The molecular weight excluding hydrogens is 719 g/mol. The molecule has 0 aliphatic carbocycles. The van der Waals surface area contributed by atoms with Crippen LogP contribution >= 0.6 is 0 Å². The van der Waals surface area contributed by atoms with E-state index in [9.17, 15) is 44.6 Å². The van der Waals surface area contributed by atoms with Crippen LogP contribution in [0.3, 0.4) is 0 Å². The maximum atomic E-state index is 14.1. The average Bonchev–Trinajstić information content (AvgIpc) is 3.70. The number of aromatic nitrogens is 2. The smallest absolute Gasteiger partial charge is 0.388 e. The van der Waals surface area contributed by atoms with Crippen molar-refractivity contribution < 1.29 is 44.6 Å². The lowest BCUT2D eigenvalue weighted by Gasteiger charge is -2.42. The molecule has 2 aliphatic rings. The van der Waals surface area contributed by atoms with Crippen molar-refractivity contribution >= 4 is 17.0 Å². The van der Waals surface area contributed by atoms with Crippen molar-refractivity contribution in [1.29, 1.82) is 0 Å². The van der Waals surface area contributed by atoms with E-state index in [4.69, 9.17) is 0 Å². The highest BCUT2D eigenvalue weighted by atomic mass is 19.4. The summed E-state index contributed by atoms with van der Waals surface area (Å²) in [5.41, 5.74) is 1.25. The van der Waals surface area contributed by atoms with Gasteiger partial charge in [-0.15, -0.1) is 10.2 Å². The summed E-state index contributed by atoms with van der Waals surface area (Å²) in [4.78, 5) is 7.77. The third kappa shape index (κ3) is 8.65. The minimum atomic E-state index is -5.10. The summed E-state index contributed by atoms with van der Waals surface area (Å²) in [6, 6.07) is 9.67. The Kier molecular flexibility index (Phi) is 10.3. The molecule has 0 amide bonds. The van der Waals surface area contributed by atoms with E-state index in [-0.39, 0.29) is 29.7 Å². The van der Waals surface area contributed by atoms with Crippen molar-refractivity contribution in [2.75, 3.05) is 20.1 Å². The van der Waals surface area contributed by atoms with Crippen molar-refractivity contribution in [3.63, 3.8) is 0 Å². The number of hydrogen-bond acceptors (Lipinski definition) is 8. The Hall–Kier alpha value is -4.55. The number of nitrogens with zero attached hydrogens (tertiary/aromatic N) is 6. The van der Waals surface area contributed by atoms with Gasteiger partial charge in [-0.2, -0.15) is 39.5 Å². The van der Waals surface area contributed by atoms with Gasteiger partial charge in [0.2, 0.25) is 5.96 Å². The summed E-state index contributed by atoms with van der Waals surface area (Å²) in [5, 5.41) is 17.9. The lowest BCUT2D eigenvalue weighted by Crippen LogP contribution is -2.48. The van der Waals surface area contributed by atoms with Crippen LogP contribution in [-0.2, 0) is 38.2 Å². The molecule has 9 nitrogen and oxygen atoms in total. The van der Waals surface area contributed by atoms with Crippen LogP contribution in [0.2, 0.25) is 0 Å². The van der Waals surface area contributed by atoms with Gasteiger partial charge in [0.1, 0.15) is 5.65 Å². The van der Waals surface area contributed by atoms with Crippen LogP contribution in [0.5, 0.6) is 0 Å². The van der Waals surface area contributed by atoms with Gasteiger partial charge in [-0.1, -0.05) is 13.0 Å². The number of benzene rings is 2. The fourth-order valence-corrected chi connectivity index (χ4v) is 7.00. The number of aliphatic hydroxyl groups is 1. The van der Waals surface area contributed by atoms with E-state index in [1.807, 2.05) is 35.9 Å². The monoisotopic (exact) mass is 756 g/mol. The molecule has 0 bridgehead atoms. The molecule has 4 heterocycles. The number of hydrogen-bond donors (Lipinski definition) is 3. The number of nitrogens with one attached hydrogen (secondary N) is 2. The van der Waals surface area contributed by atoms with Crippen LogP contribution in [-0.4, -0.2) is 61.3 Å². The number of hydrazine groups is 2. The summed E-state index contributed by atoms with van der Waals surface area (Å²) in [6.45, 7) is 2.03. The highest BCUT2D eigenvalue weighted by Gasteiger charge is 2.39. The third-order valence-corrected chi connectivity index (χ3v) is 9.63. The van der Waals surface area contributed by atoms with Gasteiger partial charge in [0.25, 0.3) is 0 Å². The standard InChI is InChI=1S/C35H37F9N8O/c1-3-29(50-13-9-32(53,10-14-50)21-51-12-8-23-5-4-11-45-30(23)51)28-7-6-25(33(36,37)38)17-24(28)20-52(31-46-48-49(2)47-31)19-22-15-26(34(39,40)41)18-27(16-22)35(42,43)44/h4-8,11-12,15-18,29,48,53H,3,9-10,13-14,19-21H2,1-2H3,(H,46,47). The maximum absolute atomic E-state index is 14.1. The molecule has 1 fully saturated rings. The molecule has 2 aliphatic heterocycles. The Morgan fingerprint density at radius 2 is 1.53 bits per heavy atom. The van der Waals surface area contributed by atoms with Gasteiger partial charge >= 0.3 is 18.5 Å². The van der Waals surface area contributed by atoms with E-state index in [1.165, 1.54) is 23.1 Å². The first kappa shape index (κ1) is 38.2. The zero-order valence-electron chi connectivity index (χ0n) is 28.6. The molecule has 18 heteroatoms. The van der Waals surface area contributed by atoms with Gasteiger partial charge in [-0.25, -0.2) is 10.5 Å². The predicted molar refractivity (Wildman–Crippen MR) is 177 cm³/mol. The number of alkyl halides is 9. The van der Waals surface area contributed by atoms with Crippen LogP contribution in [0.25, 0.3) is 11.0 Å². The van der Waals surface area contributed by atoms with E-state index in [0.29, 0.717) is 56.6 Å². The molecule has 1 atom stereocenters. The molecule has 286 valence electrons. The summed E-state index contributed by atoms with van der Waals surface area (Å²) >= 11 is 0. The van der Waals surface area contributed by atoms with E-state index >= 15 is 0 Å². The lowest BCUT2D eigenvalue weighted by atomic mass is 9.88. The highest BCUT2D eigenvalue weighted by molar-refractivity contribution is 5.80. The van der Waals surface area contributed by atoms with Gasteiger partial charge in [-0.3, -0.25) is 10.3 Å². The molecule has 2 aromatic carbocycles. The van der Waals surface area contributed by atoms with Crippen LogP contribution < -0.4 is 11.0 Å². The Labute approximate surface area is 298 Å². The number of pyridine rings is 1. The molecular formula is C35H37F9N8O. The van der Waals surface area contributed by atoms with Crippen molar-refractivity contribution in [1.82, 2.24) is 35.4 Å². The topological polar surface area (TPSA) is 84.2 Å². The first-order valence-corrected chi connectivity index (χ1v) is 16.8. The van der Waals surface area contributed by atoms with Gasteiger partial charge in [0.05, 0.1) is 28.8 Å². The quantitative estimate of drug-likeness (QED) is 0.155. The van der Waals surface area contributed by atoms with Crippen molar-refractivity contribution in [3.05, 3.63) is 100 Å². The normalized spacial score (nSPS) is 17.8. The predicted octanol–water partition coefficient (Wildman–Crippen LogP) is 7.30. The number of rotatable bonds is 9. The zero-order chi connectivity index (χ0) is 38.3. The first-order chi connectivity index (χ1) is 24.8. The van der Waals surface area contributed by atoms with E-state index < -0.39 is 53.4 Å². The highest BCUT2D eigenvalue weighted by Crippen LogP contribution is 2.39. The van der Waals surface area contributed by atoms with Crippen molar-refractivity contribution in [2.45, 2.75) is 76.0 Å². The second-order valence-electron chi connectivity index (χ2n) is 13.4. The van der Waals surface area contributed by atoms with Crippen LogP contribution in [0.4, 0.5) is 39.5 Å². The second kappa shape index (κ2) is 14.4. The molecule has 3 N–H and O–H groups in total. The fraction of sp³-hybridized carbons (Fsp3) is 0.429. The lowest BCUT2D eigenvalue weighted by molar-refractivity contribution is -0.143. The van der Waals surface area contributed by atoms with Crippen molar-refractivity contribution in [3.8, 4) is 0 Å². The molecule has 1 unspecified atom stereocenters. The molecule has 1 saturated heterocycles. The van der Waals surface area contributed by atoms with Gasteiger partial charge < -0.3 is 14.6 Å². The molecule has 2 aromatic heterocycles. The Morgan fingerprint density at radius 1 is 0.868 bits per heavy atom. The van der Waals surface area contributed by atoms with Gasteiger partial charge in [-0.05, 0) is 84.5 Å². The van der Waals surface area contributed by atoms with E-state index in [0.717, 1.165) is 23.2 Å². The molecule has 0 radical (unpaired) electrons. The number of halogens is 9. The van der Waals surface area contributed by atoms with Crippen LogP contribution in [0.1, 0.15) is 65.6 Å². The Balaban J connectivity index is 1.31. The maximum Gasteiger partial charge on any atom is 0.416 e. The minimum absolute atomic E-state index is 0.0164. The van der Waals surface area contributed by atoms with Crippen molar-refractivity contribution in [2.24, 2.45) is 5.10 Å². The molecule has 53 heavy (non-hydrogen) atoms. The van der Waals surface area contributed by atoms with Gasteiger partial charge in [0, 0.05) is 57.0 Å². The molecule has 0 saturated carbocycles. The van der Waals surface area contributed by atoms with E-state index in [2.05, 4.69) is 25.9 Å². The van der Waals surface area contributed by atoms with E-state index in [1.54, 1.807) is 6.20 Å².